The van der Waals surface area contributed by atoms with Gasteiger partial charge in [0.15, 0.2) is 0 Å². The number of hydrogen-bond acceptors (Lipinski definition) is 2. The summed E-state index contributed by atoms with van der Waals surface area (Å²) in [7, 11) is 1.68. The fourth-order valence-electron chi connectivity index (χ4n) is 1.10. The largest absolute Gasteiger partial charge is 0.496 e. The van der Waals surface area contributed by atoms with Gasteiger partial charge in [0.1, 0.15) is 6.61 Å². The summed E-state index contributed by atoms with van der Waals surface area (Å²) in [5.74, 6) is 1.08. The van der Waals surface area contributed by atoms with Crippen molar-refractivity contribution in [1.29, 1.82) is 0 Å². The van der Waals surface area contributed by atoms with Gasteiger partial charge in [-0.3, -0.25) is 0 Å². The number of hydrogen-bond donors (Lipinski definition) is 0. The Morgan fingerprint density at radius 3 is 2.36 bits per heavy atom. The van der Waals surface area contributed by atoms with Crippen molar-refractivity contribution in [2.24, 2.45) is 0 Å². The zero-order valence-electron chi connectivity index (χ0n) is 9.80. The van der Waals surface area contributed by atoms with Crippen molar-refractivity contribution in [2.75, 3.05) is 20.3 Å². The molecule has 1 rings (SSSR count). The molecule has 2 nitrogen and oxygen atoms in total. The summed E-state index contributed by atoms with van der Waals surface area (Å²) in [6, 6.07) is 0. The molecule has 14 heavy (non-hydrogen) atoms. The van der Waals surface area contributed by atoms with Gasteiger partial charge in [0.2, 0.25) is 0 Å². The first-order chi connectivity index (χ1) is 6.83. The van der Waals surface area contributed by atoms with E-state index in [0.29, 0.717) is 13.2 Å². The average molecular weight is 198 g/mol. The molecule has 0 atom stereocenters. The molecule has 1 aliphatic rings. The van der Waals surface area contributed by atoms with Gasteiger partial charge in [0.25, 0.3) is 0 Å². The average Bonchev–Trinajstić information content (AvgIpc) is 2.24. The first-order valence-electron chi connectivity index (χ1n) is 5.31. The summed E-state index contributed by atoms with van der Waals surface area (Å²) in [4.78, 5) is 0. The molecule has 0 aromatic heterocycles. The second-order valence-electron chi connectivity index (χ2n) is 2.99. The van der Waals surface area contributed by atoms with Gasteiger partial charge in [-0.25, -0.2) is 0 Å². The molecule has 0 amide bonds. The number of allylic oxidation sites excluding steroid dienone is 4. The molecule has 0 aromatic carbocycles. The van der Waals surface area contributed by atoms with Crippen molar-refractivity contribution in [3.63, 3.8) is 0 Å². The maximum absolute atomic E-state index is 5.46. The quantitative estimate of drug-likeness (QED) is 0.645. The summed E-state index contributed by atoms with van der Waals surface area (Å²) in [6.45, 7) is 7.47. The summed E-state index contributed by atoms with van der Waals surface area (Å²) in [5.41, 5.74) is 1.43. The van der Waals surface area contributed by atoms with Crippen LogP contribution in [0, 0.1) is 0 Å². The Morgan fingerprint density at radius 2 is 1.86 bits per heavy atom. The van der Waals surface area contributed by atoms with Crippen LogP contribution in [0.1, 0.15) is 33.6 Å². The van der Waals surface area contributed by atoms with E-state index in [1.807, 2.05) is 13.8 Å². The predicted molar refractivity (Wildman–Crippen MR) is 60.3 cm³/mol. The summed E-state index contributed by atoms with van der Waals surface area (Å²) in [5, 5.41) is 0. The van der Waals surface area contributed by atoms with E-state index in [2.05, 4.69) is 19.1 Å². The maximum atomic E-state index is 5.46. The third-order valence-corrected chi connectivity index (χ3v) is 1.89. The Morgan fingerprint density at radius 1 is 1.14 bits per heavy atom. The van der Waals surface area contributed by atoms with Crippen LogP contribution in [0.25, 0.3) is 0 Å². The van der Waals surface area contributed by atoms with Gasteiger partial charge < -0.3 is 9.47 Å². The number of methoxy groups -OCH3 is 1. The van der Waals surface area contributed by atoms with E-state index < -0.39 is 0 Å². The van der Waals surface area contributed by atoms with Crippen LogP contribution < -0.4 is 0 Å². The van der Waals surface area contributed by atoms with Gasteiger partial charge in [0.05, 0.1) is 12.4 Å². The Balaban J connectivity index is 0.000000791. The van der Waals surface area contributed by atoms with Crippen LogP contribution in [0.3, 0.4) is 0 Å². The molecule has 82 valence electrons. The molecule has 0 heterocycles. The SMILES string of the molecule is CC.COCCOC1=CC=C(C)CC1. The molecule has 0 fully saturated rings. The van der Waals surface area contributed by atoms with Gasteiger partial charge in [0, 0.05) is 13.5 Å². The van der Waals surface area contributed by atoms with Gasteiger partial charge in [-0.05, 0) is 19.4 Å². The van der Waals surface area contributed by atoms with Gasteiger partial charge >= 0.3 is 0 Å². The fourth-order valence-corrected chi connectivity index (χ4v) is 1.10. The van der Waals surface area contributed by atoms with E-state index in [1.54, 1.807) is 7.11 Å². The van der Waals surface area contributed by atoms with Crippen molar-refractivity contribution in [3.8, 4) is 0 Å². The molecule has 0 unspecified atom stereocenters. The Bertz CT molecular complexity index is 192. The molecule has 0 spiro atoms. The molecule has 0 saturated heterocycles. The van der Waals surface area contributed by atoms with Crippen molar-refractivity contribution in [1.82, 2.24) is 0 Å². The van der Waals surface area contributed by atoms with Crippen LogP contribution in [0.4, 0.5) is 0 Å². The normalized spacial score (nSPS) is 14.9. The lowest BCUT2D eigenvalue weighted by Gasteiger charge is -2.13. The van der Waals surface area contributed by atoms with Crippen LogP contribution in [0.15, 0.2) is 23.5 Å². The molecular weight excluding hydrogens is 176 g/mol. The highest BCUT2D eigenvalue weighted by Crippen LogP contribution is 2.17. The minimum atomic E-state index is 0.662. The van der Waals surface area contributed by atoms with Gasteiger partial charge in [-0.15, -0.1) is 0 Å². The van der Waals surface area contributed by atoms with E-state index in [-0.39, 0.29) is 0 Å². The van der Waals surface area contributed by atoms with Gasteiger partial charge in [-0.1, -0.05) is 25.5 Å². The standard InChI is InChI=1S/C10H16O2.C2H6/c1-9-3-5-10(6-4-9)12-8-7-11-2;1-2/h3,5H,4,6-8H2,1-2H3;1-2H3. The van der Waals surface area contributed by atoms with Gasteiger partial charge in [-0.2, -0.15) is 0 Å². The summed E-state index contributed by atoms with van der Waals surface area (Å²) in [6.07, 6.45) is 6.32. The molecule has 0 N–H and O–H groups in total. The predicted octanol–water partition coefficient (Wildman–Crippen LogP) is 3.30. The lowest BCUT2D eigenvalue weighted by molar-refractivity contribution is 0.106. The lowest BCUT2D eigenvalue weighted by Crippen LogP contribution is -2.03. The molecule has 2 heteroatoms. The number of rotatable bonds is 4. The zero-order valence-corrected chi connectivity index (χ0v) is 9.80. The van der Waals surface area contributed by atoms with Crippen LogP contribution >= 0.6 is 0 Å². The van der Waals surface area contributed by atoms with Crippen molar-refractivity contribution < 1.29 is 9.47 Å². The van der Waals surface area contributed by atoms with Crippen LogP contribution in [0.2, 0.25) is 0 Å². The van der Waals surface area contributed by atoms with Crippen molar-refractivity contribution in [3.05, 3.63) is 23.5 Å². The Hall–Kier alpha value is -0.760. The van der Waals surface area contributed by atoms with Crippen molar-refractivity contribution >= 4 is 0 Å². The van der Waals surface area contributed by atoms with E-state index >= 15 is 0 Å². The highest BCUT2D eigenvalue weighted by Gasteiger charge is 2.03. The van der Waals surface area contributed by atoms with E-state index in [1.165, 1.54) is 5.57 Å². The molecule has 0 aliphatic heterocycles. The Kier molecular flexibility index (Phi) is 8.34. The highest BCUT2D eigenvalue weighted by molar-refractivity contribution is 5.19. The monoisotopic (exact) mass is 198 g/mol. The van der Waals surface area contributed by atoms with E-state index in [0.717, 1.165) is 18.6 Å². The molecule has 0 aromatic rings. The smallest absolute Gasteiger partial charge is 0.111 e. The van der Waals surface area contributed by atoms with E-state index in [4.69, 9.17) is 9.47 Å². The summed E-state index contributed by atoms with van der Waals surface area (Å²) >= 11 is 0. The second-order valence-corrected chi connectivity index (χ2v) is 2.99. The van der Waals surface area contributed by atoms with Crippen LogP contribution in [-0.2, 0) is 9.47 Å². The minimum Gasteiger partial charge on any atom is -0.496 e. The third-order valence-electron chi connectivity index (χ3n) is 1.89. The summed E-state index contributed by atoms with van der Waals surface area (Å²) < 4.78 is 10.3. The number of ether oxygens (including phenoxy) is 2. The second kappa shape index (κ2) is 8.82. The molecule has 0 bridgehead atoms. The first kappa shape index (κ1) is 13.2. The first-order valence-corrected chi connectivity index (χ1v) is 5.31. The maximum Gasteiger partial charge on any atom is 0.111 e. The highest BCUT2D eigenvalue weighted by atomic mass is 16.5. The van der Waals surface area contributed by atoms with E-state index in [9.17, 15) is 0 Å². The third kappa shape index (κ3) is 5.81. The molecular formula is C12H22O2. The topological polar surface area (TPSA) is 18.5 Å². The van der Waals surface area contributed by atoms with Crippen LogP contribution in [0.5, 0.6) is 0 Å². The Labute approximate surface area is 87.6 Å². The molecule has 0 radical (unpaired) electrons. The molecule has 0 saturated carbocycles. The van der Waals surface area contributed by atoms with Crippen molar-refractivity contribution in [2.45, 2.75) is 33.6 Å². The van der Waals surface area contributed by atoms with Crippen LogP contribution in [-0.4, -0.2) is 20.3 Å². The lowest BCUT2D eigenvalue weighted by atomic mass is 10.1. The zero-order chi connectivity index (χ0) is 10.8. The fraction of sp³-hybridized carbons (Fsp3) is 0.667. The minimum absolute atomic E-state index is 0.662. The molecule has 1 aliphatic carbocycles.